The zero-order chi connectivity index (χ0) is 13.5. The lowest BCUT2D eigenvalue weighted by Crippen LogP contribution is -2.13. The van der Waals surface area contributed by atoms with E-state index in [1.807, 2.05) is 43.3 Å². The van der Waals surface area contributed by atoms with Gasteiger partial charge < -0.3 is 0 Å². The van der Waals surface area contributed by atoms with E-state index in [1.54, 1.807) is 12.1 Å². The smallest absolute Gasteiger partial charge is 0.262 e. The lowest BCUT2D eigenvalue weighted by atomic mass is 10.0. The molecule has 1 atom stereocenters. The summed E-state index contributed by atoms with van der Waals surface area (Å²) < 4.78 is 25.4. The Morgan fingerprint density at radius 2 is 1.74 bits per heavy atom. The molecule has 3 rings (SSSR count). The molecule has 0 amide bonds. The highest BCUT2D eigenvalue weighted by Gasteiger charge is 2.36. The zero-order valence-corrected chi connectivity index (χ0v) is 11.2. The van der Waals surface area contributed by atoms with Gasteiger partial charge in [-0.2, -0.15) is 0 Å². The monoisotopic (exact) mass is 275 g/mol. The first kappa shape index (κ1) is 12.3. The number of hydrogen-bond donors (Lipinski definition) is 0. The van der Waals surface area contributed by atoms with Crippen LogP contribution in [0.2, 0.25) is 0 Å². The second-order valence-electron chi connectivity index (χ2n) is 4.36. The molecule has 0 N–H and O–H groups in total. The third-order valence-electron chi connectivity index (χ3n) is 3.15. The molecule has 1 unspecified atom stereocenters. The van der Waals surface area contributed by atoms with Crippen molar-refractivity contribution in [1.82, 2.24) is 4.47 Å². The van der Waals surface area contributed by atoms with Crippen molar-refractivity contribution in [3.63, 3.8) is 0 Å². The van der Waals surface area contributed by atoms with Crippen LogP contribution in [-0.2, 0) is 14.9 Å². The molecule has 98 valence electrons. The van der Waals surface area contributed by atoms with Crippen LogP contribution in [-0.4, -0.2) is 19.6 Å². The summed E-state index contributed by atoms with van der Waals surface area (Å²) >= 11 is 0. The molecule has 2 aromatic carbocycles. The first-order valence-corrected chi connectivity index (χ1v) is 7.35. The fourth-order valence-corrected chi connectivity index (χ4v) is 3.39. The van der Waals surface area contributed by atoms with E-state index < -0.39 is 10.0 Å². The summed E-state index contributed by atoms with van der Waals surface area (Å²) in [6.07, 6.45) is 0. The van der Waals surface area contributed by atoms with Crippen LogP contribution < -0.4 is 0 Å². The molecule has 1 fully saturated rings. The minimum absolute atomic E-state index is 0.136. The van der Waals surface area contributed by atoms with Gasteiger partial charge in [0.1, 0.15) is 0 Å². The largest absolute Gasteiger partial charge is 0.267 e. The van der Waals surface area contributed by atoms with E-state index in [0.717, 1.165) is 21.2 Å². The molecule has 2 aromatic rings. The van der Waals surface area contributed by atoms with Gasteiger partial charge in [-0.05, 0) is 34.1 Å². The van der Waals surface area contributed by atoms with Gasteiger partial charge in [-0.15, -0.1) is 0 Å². The summed E-state index contributed by atoms with van der Waals surface area (Å²) in [4.78, 5) is 5.07. The third kappa shape index (κ3) is 2.16. The van der Waals surface area contributed by atoms with E-state index in [9.17, 15) is 8.42 Å². The number of hydrogen-bond acceptors (Lipinski definition) is 3. The molecule has 0 aliphatic carbocycles. The molecule has 4 nitrogen and oxygen atoms in total. The van der Waals surface area contributed by atoms with E-state index >= 15 is 0 Å². The van der Waals surface area contributed by atoms with Crippen LogP contribution in [0.5, 0.6) is 0 Å². The molecule has 1 aliphatic rings. The quantitative estimate of drug-likeness (QED) is 0.809. The summed E-state index contributed by atoms with van der Waals surface area (Å²) in [7, 11) is -3.52. The molecule has 19 heavy (non-hydrogen) atoms. The minimum atomic E-state index is -3.52. The van der Waals surface area contributed by atoms with Gasteiger partial charge in [-0.25, -0.2) is 8.42 Å². The fourth-order valence-electron chi connectivity index (χ4n) is 2.10. The second-order valence-corrected chi connectivity index (χ2v) is 6.16. The number of hydroxylamine groups is 1. The summed E-state index contributed by atoms with van der Waals surface area (Å²) in [5, 5.41) is 0. The first-order chi connectivity index (χ1) is 9.10. The Labute approximate surface area is 112 Å². The van der Waals surface area contributed by atoms with Crippen LogP contribution in [0.15, 0.2) is 53.4 Å². The molecule has 0 radical (unpaired) electrons. The van der Waals surface area contributed by atoms with Crippen molar-refractivity contribution in [2.24, 2.45) is 0 Å². The zero-order valence-electron chi connectivity index (χ0n) is 10.4. The van der Waals surface area contributed by atoms with Crippen molar-refractivity contribution in [1.29, 1.82) is 0 Å². The van der Waals surface area contributed by atoms with Gasteiger partial charge in [0, 0.05) is 0 Å². The molecular weight excluding hydrogens is 262 g/mol. The van der Waals surface area contributed by atoms with Crippen molar-refractivity contribution in [3.05, 3.63) is 54.1 Å². The van der Waals surface area contributed by atoms with Gasteiger partial charge in [-0.1, -0.05) is 42.5 Å². The molecular formula is C14H13NO3S. The maximum absolute atomic E-state index is 12.2. The molecule has 0 bridgehead atoms. The maximum atomic E-state index is 12.2. The van der Waals surface area contributed by atoms with Crippen molar-refractivity contribution in [2.45, 2.75) is 11.8 Å². The average Bonchev–Trinajstić information content (AvgIpc) is 3.24. The molecule has 1 saturated heterocycles. The lowest BCUT2D eigenvalue weighted by molar-refractivity contribution is 0.294. The summed E-state index contributed by atoms with van der Waals surface area (Å²) in [6.45, 7) is 1.95. The number of nitrogens with zero attached hydrogens (tertiary/aromatic N) is 1. The SMILES string of the molecule is Cc1c(-c2ccccc2)cccc1S(=O)(=O)N1CO1. The van der Waals surface area contributed by atoms with E-state index in [4.69, 9.17) is 4.84 Å². The van der Waals surface area contributed by atoms with Crippen LogP contribution in [0.25, 0.3) is 11.1 Å². The molecule has 1 heterocycles. The van der Waals surface area contributed by atoms with Crippen LogP contribution in [0.4, 0.5) is 0 Å². The van der Waals surface area contributed by atoms with Crippen molar-refractivity contribution in [3.8, 4) is 11.1 Å². The Hall–Kier alpha value is -1.69. The van der Waals surface area contributed by atoms with Crippen LogP contribution in [0.3, 0.4) is 0 Å². The Kier molecular flexibility index (Phi) is 2.89. The Morgan fingerprint density at radius 3 is 2.37 bits per heavy atom. The van der Waals surface area contributed by atoms with Gasteiger partial charge in [-0.3, -0.25) is 4.84 Å². The molecule has 0 saturated carbocycles. The van der Waals surface area contributed by atoms with Crippen molar-refractivity contribution >= 4 is 10.0 Å². The summed E-state index contributed by atoms with van der Waals surface area (Å²) in [6, 6.07) is 15.0. The Balaban J connectivity index is 2.15. The van der Waals surface area contributed by atoms with Crippen LogP contribution >= 0.6 is 0 Å². The van der Waals surface area contributed by atoms with Gasteiger partial charge in [0.25, 0.3) is 10.0 Å². The third-order valence-corrected chi connectivity index (χ3v) is 4.89. The van der Waals surface area contributed by atoms with Gasteiger partial charge >= 0.3 is 0 Å². The highest BCUT2D eigenvalue weighted by Crippen LogP contribution is 2.31. The highest BCUT2D eigenvalue weighted by atomic mass is 32.2. The standard InChI is InChI=1S/C14H13NO3S/c1-11-13(12-6-3-2-4-7-12)8-5-9-14(11)19(16,17)15-10-18-15/h2-9H,10H2,1H3. The number of benzene rings is 2. The van der Waals surface area contributed by atoms with Gasteiger partial charge in [0.2, 0.25) is 0 Å². The maximum Gasteiger partial charge on any atom is 0.267 e. The molecule has 5 heteroatoms. The van der Waals surface area contributed by atoms with Crippen molar-refractivity contribution in [2.75, 3.05) is 6.73 Å². The van der Waals surface area contributed by atoms with Gasteiger partial charge in [0.05, 0.1) is 4.90 Å². The fraction of sp³-hybridized carbons (Fsp3) is 0.143. The normalized spacial score (nSPS) is 18.3. The molecule has 1 aliphatic heterocycles. The second kappa shape index (κ2) is 4.45. The number of sulfonamides is 1. The topological polar surface area (TPSA) is 49.7 Å². The minimum Gasteiger partial charge on any atom is -0.262 e. The molecule has 0 spiro atoms. The van der Waals surface area contributed by atoms with E-state index in [0.29, 0.717) is 4.90 Å². The van der Waals surface area contributed by atoms with Crippen LogP contribution in [0.1, 0.15) is 5.56 Å². The van der Waals surface area contributed by atoms with Crippen LogP contribution in [0, 0.1) is 6.92 Å². The Bertz CT molecular complexity index is 707. The predicted molar refractivity (Wildman–Crippen MR) is 71.6 cm³/mol. The average molecular weight is 275 g/mol. The molecule has 0 aromatic heterocycles. The van der Waals surface area contributed by atoms with E-state index in [2.05, 4.69) is 0 Å². The summed E-state index contributed by atoms with van der Waals surface area (Å²) in [5.74, 6) is 0. The van der Waals surface area contributed by atoms with E-state index in [1.165, 1.54) is 0 Å². The highest BCUT2D eigenvalue weighted by molar-refractivity contribution is 7.89. The Morgan fingerprint density at radius 1 is 1.05 bits per heavy atom. The predicted octanol–water partition coefficient (Wildman–Crippen LogP) is 2.56. The summed E-state index contributed by atoms with van der Waals surface area (Å²) in [5.41, 5.74) is 2.66. The van der Waals surface area contributed by atoms with Gasteiger partial charge in [0.15, 0.2) is 6.73 Å². The first-order valence-electron chi connectivity index (χ1n) is 5.91. The van der Waals surface area contributed by atoms with E-state index in [-0.39, 0.29) is 6.73 Å². The number of rotatable bonds is 3. The van der Waals surface area contributed by atoms with Crippen molar-refractivity contribution < 1.29 is 13.3 Å². The lowest BCUT2D eigenvalue weighted by Gasteiger charge is -2.11.